The highest BCUT2D eigenvalue weighted by Gasteiger charge is 1.98. The molecule has 0 bridgehead atoms. The third-order valence-corrected chi connectivity index (χ3v) is 2.37. The van der Waals surface area contributed by atoms with Gasteiger partial charge in [-0.25, -0.2) is 0 Å². The molecule has 2 rings (SSSR count). The van der Waals surface area contributed by atoms with Crippen LogP contribution in [-0.2, 0) is 0 Å². The molecule has 0 radical (unpaired) electrons. The molecule has 0 aliphatic rings. The molecule has 0 amide bonds. The molecule has 2 aromatic carbocycles. The van der Waals surface area contributed by atoms with Gasteiger partial charge in [-0.3, -0.25) is 0 Å². The van der Waals surface area contributed by atoms with E-state index in [0.717, 1.165) is 5.56 Å². The Balaban J connectivity index is 2.18. The fraction of sp³-hybridized carbons (Fsp3) is 0. The van der Waals surface area contributed by atoms with Gasteiger partial charge in [-0.2, -0.15) is 0 Å². The third-order valence-electron chi connectivity index (χ3n) is 2.11. The normalized spacial score (nSPS) is 10.6. The van der Waals surface area contributed by atoms with Crippen LogP contribution < -0.4 is 4.74 Å². The van der Waals surface area contributed by atoms with E-state index in [-0.39, 0.29) is 0 Å². The van der Waals surface area contributed by atoms with E-state index >= 15 is 0 Å². The number of hydrogen-bond donors (Lipinski definition) is 1. The molecule has 0 aliphatic carbocycles. The van der Waals surface area contributed by atoms with E-state index in [1.165, 1.54) is 6.21 Å². The molecule has 0 saturated heterocycles. The van der Waals surface area contributed by atoms with Crippen molar-refractivity contribution in [2.75, 3.05) is 0 Å². The standard InChI is InChI=1S/C13H10ClNO2/c14-11-4-6-12(7-5-11)17-13-3-1-2-10(8-13)9-15-16/h1-9,16H. The number of rotatable bonds is 3. The highest BCUT2D eigenvalue weighted by Crippen LogP contribution is 2.23. The van der Waals surface area contributed by atoms with Crippen molar-refractivity contribution >= 4 is 17.8 Å². The maximum atomic E-state index is 8.44. The summed E-state index contributed by atoms with van der Waals surface area (Å²) in [4.78, 5) is 0. The third kappa shape index (κ3) is 3.23. The van der Waals surface area contributed by atoms with Crippen LogP contribution in [0.3, 0.4) is 0 Å². The summed E-state index contributed by atoms with van der Waals surface area (Å²) in [6, 6.07) is 14.3. The molecule has 0 aliphatic heterocycles. The van der Waals surface area contributed by atoms with Crippen LogP contribution in [0.2, 0.25) is 5.02 Å². The first kappa shape index (κ1) is 11.5. The summed E-state index contributed by atoms with van der Waals surface area (Å²) in [5, 5.41) is 12.1. The number of nitrogens with zero attached hydrogens (tertiary/aromatic N) is 1. The molecule has 2 aromatic rings. The predicted octanol–water partition coefficient (Wildman–Crippen LogP) is 3.94. The number of benzene rings is 2. The topological polar surface area (TPSA) is 41.8 Å². The minimum absolute atomic E-state index is 0.665. The molecule has 0 spiro atoms. The molecule has 0 saturated carbocycles. The van der Waals surface area contributed by atoms with Gasteiger partial charge in [0.2, 0.25) is 0 Å². The van der Waals surface area contributed by atoms with E-state index in [1.54, 1.807) is 30.3 Å². The lowest BCUT2D eigenvalue weighted by Gasteiger charge is -2.05. The van der Waals surface area contributed by atoms with E-state index in [4.69, 9.17) is 21.5 Å². The van der Waals surface area contributed by atoms with Gasteiger partial charge in [0.15, 0.2) is 0 Å². The zero-order chi connectivity index (χ0) is 12.1. The summed E-state index contributed by atoms with van der Waals surface area (Å²) in [5.74, 6) is 1.37. The lowest BCUT2D eigenvalue weighted by molar-refractivity contribution is 0.322. The van der Waals surface area contributed by atoms with Crippen LogP contribution in [0.1, 0.15) is 5.56 Å². The second kappa shape index (κ2) is 5.37. The fourth-order valence-electron chi connectivity index (χ4n) is 1.36. The van der Waals surface area contributed by atoms with Crippen molar-refractivity contribution in [2.24, 2.45) is 5.16 Å². The van der Waals surface area contributed by atoms with Crippen LogP contribution in [0.5, 0.6) is 11.5 Å². The van der Waals surface area contributed by atoms with E-state index in [2.05, 4.69) is 5.16 Å². The second-order valence-electron chi connectivity index (χ2n) is 3.37. The molecule has 17 heavy (non-hydrogen) atoms. The SMILES string of the molecule is ON=Cc1cccc(Oc2ccc(Cl)cc2)c1. The molecule has 0 unspecified atom stereocenters. The fourth-order valence-corrected chi connectivity index (χ4v) is 1.49. The van der Waals surface area contributed by atoms with E-state index in [0.29, 0.717) is 16.5 Å². The van der Waals surface area contributed by atoms with Crippen LogP contribution in [0.4, 0.5) is 0 Å². The largest absolute Gasteiger partial charge is 0.457 e. The van der Waals surface area contributed by atoms with Gasteiger partial charge in [0, 0.05) is 5.02 Å². The Morgan fingerprint density at radius 1 is 1.06 bits per heavy atom. The first-order valence-corrected chi connectivity index (χ1v) is 5.36. The lowest BCUT2D eigenvalue weighted by Crippen LogP contribution is -1.86. The Kier molecular flexibility index (Phi) is 3.62. The number of ether oxygens (including phenoxy) is 1. The Labute approximate surface area is 104 Å². The summed E-state index contributed by atoms with van der Waals surface area (Å²) < 4.78 is 5.62. The first-order valence-electron chi connectivity index (χ1n) is 4.99. The highest BCUT2D eigenvalue weighted by atomic mass is 35.5. The Hall–Kier alpha value is -2.00. The summed E-state index contributed by atoms with van der Waals surface area (Å²) in [6.45, 7) is 0. The zero-order valence-corrected chi connectivity index (χ0v) is 9.63. The maximum Gasteiger partial charge on any atom is 0.128 e. The van der Waals surface area contributed by atoms with Crippen molar-refractivity contribution in [2.45, 2.75) is 0 Å². The molecule has 0 heterocycles. The number of halogens is 1. The zero-order valence-electron chi connectivity index (χ0n) is 8.88. The lowest BCUT2D eigenvalue weighted by atomic mass is 10.2. The molecule has 3 nitrogen and oxygen atoms in total. The van der Waals surface area contributed by atoms with Crippen molar-refractivity contribution in [1.29, 1.82) is 0 Å². The van der Waals surface area contributed by atoms with Gasteiger partial charge in [0.1, 0.15) is 11.5 Å². The Morgan fingerprint density at radius 2 is 1.82 bits per heavy atom. The van der Waals surface area contributed by atoms with Gasteiger partial charge in [-0.1, -0.05) is 28.9 Å². The second-order valence-corrected chi connectivity index (χ2v) is 3.81. The van der Waals surface area contributed by atoms with E-state index < -0.39 is 0 Å². The smallest absolute Gasteiger partial charge is 0.128 e. The molecular formula is C13H10ClNO2. The summed E-state index contributed by atoms with van der Waals surface area (Å²) in [6.07, 6.45) is 1.34. The van der Waals surface area contributed by atoms with Gasteiger partial charge in [-0.15, -0.1) is 0 Å². The summed E-state index contributed by atoms with van der Waals surface area (Å²) in [7, 11) is 0. The number of oxime groups is 1. The summed E-state index contributed by atoms with van der Waals surface area (Å²) >= 11 is 5.78. The summed E-state index contributed by atoms with van der Waals surface area (Å²) in [5.41, 5.74) is 0.763. The quantitative estimate of drug-likeness (QED) is 0.507. The van der Waals surface area contributed by atoms with Crippen molar-refractivity contribution < 1.29 is 9.94 Å². The van der Waals surface area contributed by atoms with Crippen molar-refractivity contribution in [3.63, 3.8) is 0 Å². The van der Waals surface area contributed by atoms with Crippen molar-refractivity contribution in [1.82, 2.24) is 0 Å². The van der Waals surface area contributed by atoms with Gasteiger partial charge in [0.05, 0.1) is 6.21 Å². The number of hydrogen-bond acceptors (Lipinski definition) is 3. The van der Waals surface area contributed by atoms with Crippen LogP contribution in [-0.4, -0.2) is 11.4 Å². The monoisotopic (exact) mass is 247 g/mol. The van der Waals surface area contributed by atoms with Crippen LogP contribution >= 0.6 is 11.6 Å². The van der Waals surface area contributed by atoms with Gasteiger partial charge < -0.3 is 9.94 Å². The maximum absolute atomic E-state index is 8.44. The Bertz CT molecular complexity index is 523. The predicted molar refractivity (Wildman–Crippen MR) is 67.3 cm³/mol. The van der Waals surface area contributed by atoms with E-state index in [1.807, 2.05) is 18.2 Å². The van der Waals surface area contributed by atoms with Crippen LogP contribution in [0.25, 0.3) is 0 Å². The molecule has 4 heteroatoms. The molecule has 0 atom stereocenters. The first-order chi connectivity index (χ1) is 8.28. The molecular weight excluding hydrogens is 238 g/mol. The van der Waals surface area contributed by atoms with Crippen LogP contribution in [0.15, 0.2) is 53.7 Å². The molecule has 0 fully saturated rings. The average Bonchev–Trinajstić information content (AvgIpc) is 2.33. The van der Waals surface area contributed by atoms with Gasteiger partial charge in [0.25, 0.3) is 0 Å². The van der Waals surface area contributed by atoms with Gasteiger partial charge in [-0.05, 0) is 42.0 Å². The highest BCUT2D eigenvalue weighted by molar-refractivity contribution is 6.30. The van der Waals surface area contributed by atoms with Gasteiger partial charge >= 0.3 is 0 Å². The minimum Gasteiger partial charge on any atom is -0.457 e. The van der Waals surface area contributed by atoms with E-state index in [9.17, 15) is 0 Å². The molecule has 86 valence electrons. The van der Waals surface area contributed by atoms with Crippen molar-refractivity contribution in [3.8, 4) is 11.5 Å². The Morgan fingerprint density at radius 3 is 2.53 bits per heavy atom. The average molecular weight is 248 g/mol. The van der Waals surface area contributed by atoms with Crippen molar-refractivity contribution in [3.05, 3.63) is 59.1 Å². The van der Waals surface area contributed by atoms with Crippen LogP contribution in [0, 0.1) is 0 Å². The molecule has 1 N–H and O–H groups in total. The minimum atomic E-state index is 0.665. The molecule has 0 aromatic heterocycles.